The fourth-order valence-corrected chi connectivity index (χ4v) is 1.93. The second-order valence-electron chi connectivity index (χ2n) is 3.62. The van der Waals surface area contributed by atoms with E-state index in [1.807, 2.05) is 32.0 Å². The van der Waals surface area contributed by atoms with Crippen molar-refractivity contribution in [2.45, 2.75) is 19.3 Å². The lowest BCUT2D eigenvalue weighted by Gasteiger charge is -2.20. The highest BCUT2D eigenvalue weighted by atomic mass is 79.9. The molecule has 0 atom stereocenters. The van der Waals surface area contributed by atoms with E-state index in [1.165, 1.54) is 0 Å². The molecule has 0 fully saturated rings. The lowest BCUT2D eigenvalue weighted by Crippen LogP contribution is -2.14. The van der Waals surface area contributed by atoms with Crippen LogP contribution in [-0.2, 0) is 5.41 Å². The summed E-state index contributed by atoms with van der Waals surface area (Å²) in [6.07, 6.45) is 5.49. The molecule has 1 aromatic rings. The average Bonchev–Trinajstić information content (AvgIpc) is 2.18. The molecule has 74 valence electrons. The number of terminal acetylenes is 1. The van der Waals surface area contributed by atoms with Gasteiger partial charge < -0.3 is 4.74 Å². The van der Waals surface area contributed by atoms with Gasteiger partial charge in [0, 0.05) is 4.47 Å². The van der Waals surface area contributed by atoms with Crippen molar-refractivity contribution in [1.29, 1.82) is 0 Å². The third-order valence-electron chi connectivity index (χ3n) is 2.21. The first-order valence-corrected chi connectivity index (χ1v) is 5.12. The molecule has 0 bridgehead atoms. The minimum atomic E-state index is -0.284. The molecule has 0 aliphatic heterocycles. The number of halogens is 1. The van der Waals surface area contributed by atoms with Crippen LogP contribution in [-0.4, -0.2) is 7.11 Å². The Morgan fingerprint density at radius 2 is 2.07 bits per heavy atom. The standard InChI is InChI=1S/C12H13BrO/c1-5-12(2,3)10-8-9(14-4)6-7-11(10)13/h1,6-8H,2-4H3. The Labute approximate surface area is 93.6 Å². The Kier molecular flexibility index (Phi) is 3.23. The van der Waals surface area contributed by atoms with Crippen LogP contribution in [0.2, 0.25) is 0 Å². The molecule has 2 heteroatoms. The van der Waals surface area contributed by atoms with Gasteiger partial charge in [-0.3, -0.25) is 0 Å². The number of hydrogen-bond donors (Lipinski definition) is 0. The Morgan fingerprint density at radius 3 is 2.57 bits per heavy atom. The van der Waals surface area contributed by atoms with Gasteiger partial charge in [0.2, 0.25) is 0 Å². The smallest absolute Gasteiger partial charge is 0.119 e. The van der Waals surface area contributed by atoms with Crippen molar-refractivity contribution in [3.8, 4) is 18.1 Å². The molecule has 1 aromatic carbocycles. The molecule has 0 radical (unpaired) electrons. The van der Waals surface area contributed by atoms with Gasteiger partial charge in [-0.05, 0) is 37.6 Å². The first kappa shape index (κ1) is 11.1. The molecule has 0 amide bonds. The van der Waals surface area contributed by atoms with Gasteiger partial charge in [0.15, 0.2) is 0 Å². The highest BCUT2D eigenvalue weighted by Crippen LogP contribution is 2.32. The van der Waals surface area contributed by atoms with Gasteiger partial charge in [0.25, 0.3) is 0 Å². The normalized spacial score (nSPS) is 10.8. The molecule has 0 aliphatic rings. The van der Waals surface area contributed by atoms with Crippen LogP contribution in [0.5, 0.6) is 5.75 Å². The lowest BCUT2D eigenvalue weighted by molar-refractivity contribution is 0.413. The Bertz CT molecular complexity index is 374. The predicted molar refractivity (Wildman–Crippen MR) is 62.6 cm³/mol. The van der Waals surface area contributed by atoms with E-state index in [1.54, 1.807) is 7.11 Å². The van der Waals surface area contributed by atoms with E-state index < -0.39 is 0 Å². The molecule has 1 rings (SSSR count). The third-order valence-corrected chi connectivity index (χ3v) is 2.90. The first-order chi connectivity index (χ1) is 6.51. The van der Waals surface area contributed by atoms with Gasteiger partial charge in [0.1, 0.15) is 5.75 Å². The van der Waals surface area contributed by atoms with E-state index in [0.29, 0.717) is 0 Å². The van der Waals surface area contributed by atoms with Crippen molar-refractivity contribution < 1.29 is 4.74 Å². The van der Waals surface area contributed by atoms with Crippen LogP contribution >= 0.6 is 15.9 Å². The summed E-state index contributed by atoms with van der Waals surface area (Å²) in [6, 6.07) is 5.82. The second kappa shape index (κ2) is 4.06. The van der Waals surface area contributed by atoms with Crippen LogP contribution in [0.4, 0.5) is 0 Å². The fraction of sp³-hybridized carbons (Fsp3) is 0.333. The molecule has 1 nitrogen and oxygen atoms in total. The largest absolute Gasteiger partial charge is 0.497 e. The minimum absolute atomic E-state index is 0.284. The van der Waals surface area contributed by atoms with Gasteiger partial charge in [-0.25, -0.2) is 0 Å². The summed E-state index contributed by atoms with van der Waals surface area (Å²) in [5, 5.41) is 0. The molecule has 0 N–H and O–H groups in total. The Balaban J connectivity index is 3.27. The maximum atomic E-state index is 5.49. The number of ether oxygens (including phenoxy) is 1. The quantitative estimate of drug-likeness (QED) is 0.734. The van der Waals surface area contributed by atoms with Gasteiger partial charge in [0.05, 0.1) is 12.5 Å². The zero-order chi connectivity index (χ0) is 10.8. The summed E-state index contributed by atoms with van der Waals surface area (Å²) in [7, 11) is 1.65. The molecular weight excluding hydrogens is 240 g/mol. The summed E-state index contributed by atoms with van der Waals surface area (Å²) < 4.78 is 6.18. The number of benzene rings is 1. The third kappa shape index (κ3) is 2.10. The molecule has 0 unspecified atom stereocenters. The van der Waals surface area contributed by atoms with Gasteiger partial charge >= 0.3 is 0 Å². The number of rotatable bonds is 2. The second-order valence-corrected chi connectivity index (χ2v) is 4.47. The van der Waals surface area contributed by atoms with Crippen molar-refractivity contribution in [3.63, 3.8) is 0 Å². The maximum Gasteiger partial charge on any atom is 0.119 e. The van der Waals surface area contributed by atoms with Gasteiger partial charge in [-0.2, -0.15) is 0 Å². The fourth-order valence-electron chi connectivity index (χ4n) is 1.19. The predicted octanol–water partition coefficient (Wildman–Crippen LogP) is 3.37. The van der Waals surface area contributed by atoms with E-state index in [2.05, 4.69) is 21.9 Å². The molecule has 0 saturated heterocycles. The summed E-state index contributed by atoms with van der Waals surface area (Å²) in [4.78, 5) is 0. The van der Waals surface area contributed by atoms with Crippen LogP contribution in [0.3, 0.4) is 0 Å². The molecular formula is C12H13BrO. The van der Waals surface area contributed by atoms with Crippen LogP contribution in [0.1, 0.15) is 19.4 Å². The molecule has 14 heavy (non-hydrogen) atoms. The van der Waals surface area contributed by atoms with Crippen molar-refractivity contribution >= 4 is 15.9 Å². The molecule has 0 saturated carbocycles. The van der Waals surface area contributed by atoms with E-state index >= 15 is 0 Å². The number of hydrogen-bond acceptors (Lipinski definition) is 1. The van der Waals surface area contributed by atoms with E-state index in [-0.39, 0.29) is 5.41 Å². The molecule has 0 spiro atoms. The van der Waals surface area contributed by atoms with Crippen LogP contribution in [0.15, 0.2) is 22.7 Å². The highest BCUT2D eigenvalue weighted by Gasteiger charge is 2.20. The van der Waals surface area contributed by atoms with Crippen LogP contribution in [0, 0.1) is 12.3 Å². The molecule has 0 aliphatic carbocycles. The van der Waals surface area contributed by atoms with Crippen LogP contribution in [0.25, 0.3) is 0 Å². The zero-order valence-corrected chi connectivity index (χ0v) is 10.2. The van der Waals surface area contributed by atoms with E-state index in [0.717, 1.165) is 15.8 Å². The molecule has 0 aromatic heterocycles. The molecule has 0 heterocycles. The monoisotopic (exact) mass is 252 g/mol. The Morgan fingerprint density at radius 1 is 1.43 bits per heavy atom. The van der Waals surface area contributed by atoms with Crippen LogP contribution < -0.4 is 4.74 Å². The maximum absolute atomic E-state index is 5.49. The van der Waals surface area contributed by atoms with Gasteiger partial charge in [-0.15, -0.1) is 6.42 Å². The van der Waals surface area contributed by atoms with Crippen molar-refractivity contribution in [2.75, 3.05) is 7.11 Å². The van der Waals surface area contributed by atoms with Crippen molar-refractivity contribution in [3.05, 3.63) is 28.2 Å². The summed E-state index contributed by atoms with van der Waals surface area (Å²) in [6.45, 7) is 4.01. The first-order valence-electron chi connectivity index (χ1n) is 4.33. The summed E-state index contributed by atoms with van der Waals surface area (Å²) in [5.74, 6) is 3.59. The topological polar surface area (TPSA) is 9.23 Å². The zero-order valence-electron chi connectivity index (χ0n) is 8.60. The lowest BCUT2D eigenvalue weighted by atomic mass is 9.86. The van der Waals surface area contributed by atoms with Gasteiger partial charge in [-0.1, -0.05) is 21.9 Å². The average molecular weight is 253 g/mol. The van der Waals surface area contributed by atoms with E-state index in [4.69, 9.17) is 11.2 Å². The highest BCUT2D eigenvalue weighted by molar-refractivity contribution is 9.10. The SMILES string of the molecule is C#CC(C)(C)c1cc(OC)ccc1Br. The minimum Gasteiger partial charge on any atom is -0.497 e. The Hall–Kier alpha value is -0.940. The van der Waals surface area contributed by atoms with E-state index in [9.17, 15) is 0 Å². The summed E-state index contributed by atoms with van der Waals surface area (Å²) >= 11 is 3.49. The van der Waals surface area contributed by atoms with Crippen molar-refractivity contribution in [2.24, 2.45) is 0 Å². The number of methoxy groups -OCH3 is 1. The van der Waals surface area contributed by atoms with Crippen molar-refractivity contribution in [1.82, 2.24) is 0 Å². The summed E-state index contributed by atoms with van der Waals surface area (Å²) in [5.41, 5.74) is 0.784.